The molecule has 0 aliphatic heterocycles. The molecule has 0 saturated heterocycles. The molecule has 0 unspecified atom stereocenters. The Morgan fingerprint density at radius 1 is 1.29 bits per heavy atom. The second kappa shape index (κ2) is 6.04. The summed E-state index contributed by atoms with van der Waals surface area (Å²) in [5, 5.41) is 3.68. The van der Waals surface area contributed by atoms with Gasteiger partial charge in [-0.15, -0.1) is 0 Å². The van der Waals surface area contributed by atoms with E-state index < -0.39 is 0 Å². The molecule has 0 aliphatic rings. The molecule has 0 amide bonds. The maximum Gasteiger partial charge on any atom is 0.225 e. The first-order valence-corrected chi connectivity index (χ1v) is 5.42. The van der Waals surface area contributed by atoms with Gasteiger partial charge in [-0.25, -0.2) is 9.97 Å². The van der Waals surface area contributed by atoms with Crippen LogP contribution in [0.1, 0.15) is 26.2 Å². The largest absolute Gasteiger partial charge is 0.370 e. The maximum atomic E-state index is 5.71. The molecule has 0 aliphatic carbocycles. The second-order valence-electron chi connectivity index (χ2n) is 2.98. The molecule has 3 nitrogen and oxygen atoms in total. The summed E-state index contributed by atoms with van der Waals surface area (Å²) < 4.78 is 0. The molecule has 0 radical (unpaired) electrons. The normalized spacial score (nSPS) is 10.2. The Kier molecular flexibility index (Phi) is 4.98. The molecular weight excluding hydrogens is 221 g/mol. The second-order valence-corrected chi connectivity index (χ2v) is 3.70. The van der Waals surface area contributed by atoms with Gasteiger partial charge in [0.2, 0.25) is 5.28 Å². The van der Waals surface area contributed by atoms with Gasteiger partial charge in [0.1, 0.15) is 11.0 Å². The number of hydrogen-bond acceptors (Lipinski definition) is 3. The van der Waals surface area contributed by atoms with Crippen LogP contribution in [0.25, 0.3) is 0 Å². The monoisotopic (exact) mass is 233 g/mol. The Morgan fingerprint density at radius 3 is 2.71 bits per heavy atom. The number of halogens is 2. The Labute approximate surface area is 93.9 Å². The van der Waals surface area contributed by atoms with Crippen LogP contribution in [0.2, 0.25) is 10.4 Å². The summed E-state index contributed by atoms with van der Waals surface area (Å²) in [7, 11) is 0. The molecule has 14 heavy (non-hydrogen) atoms. The van der Waals surface area contributed by atoms with E-state index in [0.717, 1.165) is 13.0 Å². The lowest BCUT2D eigenvalue weighted by molar-refractivity contribution is 0.742. The summed E-state index contributed by atoms with van der Waals surface area (Å²) in [6, 6.07) is 1.67. The van der Waals surface area contributed by atoms with Gasteiger partial charge < -0.3 is 5.32 Å². The van der Waals surface area contributed by atoms with Crippen molar-refractivity contribution in [1.29, 1.82) is 0 Å². The maximum absolute atomic E-state index is 5.71. The van der Waals surface area contributed by atoms with Crippen molar-refractivity contribution < 1.29 is 0 Å². The molecule has 0 fully saturated rings. The summed E-state index contributed by atoms with van der Waals surface area (Å²) in [5.74, 6) is 0.686. The van der Waals surface area contributed by atoms with E-state index in [2.05, 4.69) is 22.2 Å². The van der Waals surface area contributed by atoms with Crippen LogP contribution in [0, 0.1) is 0 Å². The summed E-state index contributed by atoms with van der Waals surface area (Å²) in [4.78, 5) is 7.75. The van der Waals surface area contributed by atoms with Crippen molar-refractivity contribution in [2.24, 2.45) is 0 Å². The third kappa shape index (κ3) is 4.11. The molecule has 0 aromatic carbocycles. The molecule has 1 rings (SSSR count). The summed E-state index contributed by atoms with van der Waals surface area (Å²) in [5.41, 5.74) is 0. The Bertz CT molecular complexity index is 271. The van der Waals surface area contributed by atoms with Crippen molar-refractivity contribution in [2.75, 3.05) is 11.9 Å². The van der Waals surface area contributed by atoms with Crippen molar-refractivity contribution in [3.63, 3.8) is 0 Å². The number of anilines is 1. The average molecular weight is 234 g/mol. The van der Waals surface area contributed by atoms with Gasteiger partial charge in [-0.3, -0.25) is 0 Å². The SMILES string of the molecule is CCCCCNc1cc(Cl)nc(Cl)n1. The zero-order chi connectivity index (χ0) is 10.4. The summed E-state index contributed by atoms with van der Waals surface area (Å²) >= 11 is 11.4. The summed E-state index contributed by atoms with van der Waals surface area (Å²) in [6.45, 7) is 3.05. The third-order valence-corrected chi connectivity index (χ3v) is 2.12. The van der Waals surface area contributed by atoms with Gasteiger partial charge in [0.25, 0.3) is 0 Å². The highest BCUT2D eigenvalue weighted by Gasteiger charge is 1.99. The number of nitrogens with zero attached hydrogens (tertiary/aromatic N) is 2. The van der Waals surface area contributed by atoms with E-state index in [-0.39, 0.29) is 5.28 Å². The third-order valence-electron chi connectivity index (χ3n) is 1.75. The van der Waals surface area contributed by atoms with E-state index in [1.807, 2.05) is 0 Å². The molecule has 0 atom stereocenters. The topological polar surface area (TPSA) is 37.8 Å². The molecule has 1 N–H and O–H groups in total. The van der Waals surface area contributed by atoms with E-state index in [0.29, 0.717) is 11.0 Å². The first-order valence-electron chi connectivity index (χ1n) is 4.66. The van der Waals surface area contributed by atoms with Crippen LogP contribution in [0.3, 0.4) is 0 Å². The Balaban J connectivity index is 2.42. The van der Waals surface area contributed by atoms with Gasteiger partial charge >= 0.3 is 0 Å². The predicted molar refractivity (Wildman–Crippen MR) is 60.1 cm³/mol. The number of rotatable bonds is 5. The standard InChI is InChI=1S/C9H13Cl2N3/c1-2-3-4-5-12-8-6-7(10)13-9(11)14-8/h6H,2-5H2,1H3,(H,12,13,14). The van der Waals surface area contributed by atoms with Crippen LogP contribution in [-0.4, -0.2) is 16.5 Å². The highest BCUT2D eigenvalue weighted by molar-refractivity contribution is 6.32. The van der Waals surface area contributed by atoms with Crippen molar-refractivity contribution >= 4 is 29.0 Å². The minimum atomic E-state index is 0.176. The lowest BCUT2D eigenvalue weighted by atomic mass is 10.2. The van der Waals surface area contributed by atoms with Gasteiger partial charge in [0, 0.05) is 12.6 Å². The molecule has 78 valence electrons. The van der Waals surface area contributed by atoms with Crippen molar-refractivity contribution in [1.82, 2.24) is 9.97 Å². The van der Waals surface area contributed by atoms with Crippen LogP contribution in [0.15, 0.2) is 6.07 Å². The van der Waals surface area contributed by atoms with Gasteiger partial charge in [0.05, 0.1) is 0 Å². The van der Waals surface area contributed by atoms with Crippen LogP contribution < -0.4 is 5.32 Å². The van der Waals surface area contributed by atoms with Crippen LogP contribution in [0.4, 0.5) is 5.82 Å². The number of nitrogens with one attached hydrogen (secondary N) is 1. The summed E-state index contributed by atoms with van der Waals surface area (Å²) in [6.07, 6.45) is 3.53. The zero-order valence-electron chi connectivity index (χ0n) is 8.06. The zero-order valence-corrected chi connectivity index (χ0v) is 9.57. The van der Waals surface area contributed by atoms with Gasteiger partial charge in [-0.2, -0.15) is 0 Å². The molecule has 0 spiro atoms. The molecular formula is C9H13Cl2N3. The minimum Gasteiger partial charge on any atom is -0.370 e. The quantitative estimate of drug-likeness (QED) is 0.482. The van der Waals surface area contributed by atoms with Gasteiger partial charge in [-0.1, -0.05) is 31.4 Å². The number of aromatic nitrogens is 2. The molecule has 1 aromatic heterocycles. The van der Waals surface area contributed by atoms with E-state index in [1.165, 1.54) is 12.8 Å². The fourth-order valence-electron chi connectivity index (χ4n) is 1.07. The fraction of sp³-hybridized carbons (Fsp3) is 0.556. The van der Waals surface area contributed by atoms with Crippen molar-refractivity contribution in [3.8, 4) is 0 Å². The first-order chi connectivity index (χ1) is 6.72. The van der Waals surface area contributed by atoms with E-state index in [4.69, 9.17) is 23.2 Å². The average Bonchev–Trinajstić information content (AvgIpc) is 2.11. The van der Waals surface area contributed by atoms with Gasteiger partial charge in [0.15, 0.2) is 0 Å². The Hall–Kier alpha value is -0.540. The Morgan fingerprint density at radius 2 is 2.07 bits per heavy atom. The lowest BCUT2D eigenvalue weighted by Gasteiger charge is -2.04. The smallest absolute Gasteiger partial charge is 0.225 e. The van der Waals surface area contributed by atoms with Crippen LogP contribution >= 0.6 is 23.2 Å². The van der Waals surface area contributed by atoms with E-state index in [1.54, 1.807) is 6.07 Å². The van der Waals surface area contributed by atoms with Crippen LogP contribution in [-0.2, 0) is 0 Å². The van der Waals surface area contributed by atoms with Crippen molar-refractivity contribution in [3.05, 3.63) is 16.5 Å². The molecule has 1 aromatic rings. The molecule has 5 heteroatoms. The highest BCUT2D eigenvalue weighted by atomic mass is 35.5. The lowest BCUT2D eigenvalue weighted by Crippen LogP contribution is -2.03. The highest BCUT2D eigenvalue weighted by Crippen LogP contribution is 2.14. The number of unbranched alkanes of at least 4 members (excludes halogenated alkanes) is 2. The number of hydrogen-bond donors (Lipinski definition) is 1. The molecule has 1 heterocycles. The molecule has 0 saturated carbocycles. The fourth-order valence-corrected chi connectivity index (χ4v) is 1.48. The minimum absolute atomic E-state index is 0.176. The van der Waals surface area contributed by atoms with E-state index in [9.17, 15) is 0 Å². The first kappa shape index (κ1) is 11.5. The predicted octanol–water partition coefficient (Wildman–Crippen LogP) is 3.39. The van der Waals surface area contributed by atoms with Crippen LogP contribution in [0.5, 0.6) is 0 Å². The van der Waals surface area contributed by atoms with Gasteiger partial charge in [-0.05, 0) is 18.0 Å². The van der Waals surface area contributed by atoms with E-state index >= 15 is 0 Å². The molecule has 0 bridgehead atoms. The van der Waals surface area contributed by atoms with Crippen molar-refractivity contribution in [2.45, 2.75) is 26.2 Å².